The molecule has 1 aromatic heterocycles. The van der Waals surface area contributed by atoms with Crippen molar-refractivity contribution in [3.05, 3.63) is 47.4 Å². The third kappa shape index (κ3) is 2.38. The minimum absolute atomic E-state index is 0.188. The average molecular weight is 250 g/mol. The molecule has 0 spiro atoms. The molecule has 0 atom stereocenters. The molecule has 0 aliphatic rings. The standard InChI is InChI=1S/C12H12ClN3O/c1-16(9-5-3-2-4-6-9)12-10(7-17)11(13)14-8-15-12/h2-6,8,17H,7H2,1H3. The summed E-state index contributed by atoms with van der Waals surface area (Å²) in [6, 6.07) is 9.73. The van der Waals surface area contributed by atoms with Gasteiger partial charge in [-0.2, -0.15) is 0 Å². The van der Waals surface area contributed by atoms with E-state index in [0.29, 0.717) is 11.4 Å². The Morgan fingerprint density at radius 2 is 1.94 bits per heavy atom. The molecule has 2 rings (SSSR count). The van der Waals surface area contributed by atoms with Crippen molar-refractivity contribution in [1.82, 2.24) is 9.97 Å². The van der Waals surface area contributed by atoms with Crippen LogP contribution in [0.5, 0.6) is 0 Å². The predicted molar refractivity (Wildman–Crippen MR) is 67.5 cm³/mol. The zero-order chi connectivity index (χ0) is 12.3. The van der Waals surface area contributed by atoms with Gasteiger partial charge in [-0.15, -0.1) is 0 Å². The van der Waals surface area contributed by atoms with Crippen molar-refractivity contribution in [3.8, 4) is 0 Å². The smallest absolute Gasteiger partial charge is 0.143 e. The third-order valence-electron chi connectivity index (χ3n) is 2.49. The van der Waals surface area contributed by atoms with E-state index in [-0.39, 0.29) is 11.8 Å². The number of hydrogen-bond donors (Lipinski definition) is 1. The highest BCUT2D eigenvalue weighted by Crippen LogP contribution is 2.27. The van der Waals surface area contributed by atoms with Gasteiger partial charge in [-0.3, -0.25) is 0 Å². The molecular formula is C12H12ClN3O. The van der Waals surface area contributed by atoms with Gasteiger partial charge in [0.25, 0.3) is 0 Å². The molecule has 88 valence electrons. The molecule has 0 saturated carbocycles. The van der Waals surface area contributed by atoms with Crippen LogP contribution in [0, 0.1) is 0 Å². The Morgan fingerprint density at radius 1 is 1.24 bits per heavy atom. The topological polar surface area (TPSA) is 49.2 Å². The summed E-state index contributed by atoms with van der Waals surface area (Å²) in [5, 5.41) is 9.58. The number of benzene rings is 1. The van der Waals surface area contributed by atoms with Gasteiger partial charge >= 0.3 is 0 Å². The van der Waals surface area contributed by atoms with Crippen LogP contribution in [-0.4, -0.2) is 22.1 Å². The Kier molecular flexibility index (Phi) is 3.56. The Bertz CT molecular complexity index is 504. The fourth-order valence-electron chi connectivity index (χ4n) is 1.58. The molecule has 0 fully saturated rings. The highest BCUT2D eigenvalue weighted by molar-refractivity contribution is 6.30. The lowest BCUT2D eigenvalue weighted by molar-refractivity contribution is 0.281. The quantitative estimate of drug-likeness (QED) is 0.849. The van der Waals surface area contributed by atoms with Gasteiger partial charge in [0.15, 0.2) is 0 Å². The van der Waals surface area contributed by atoms with Crippen LogP contribution in [-0.2, 0) is 6.61 Å². The molecule has 4 nitrogen and oxygen atoms in total. The number of aromatic nitrogens is 2. The van der Waals surface area contributed by atoms with Crippen molar-refractivity contribution < 1.29 is 5.11 Å². The van der Waals surface area contributed by atoms with Crippen LogP contribution in [0.1, 0.15) is 5.56 Å². The second-order valence-electron chi connectivity index (χ2n) is 3.52. The van der Waals surface area contributed by atoms with Gasteiger partial charge in [0.05, 0.1) is 12.2 Å². The lowest BCUT2D eigenvalue weighted by Crippen LogP contribution is -2.14. The van der Waals surface area contributed by atoms with Crippen molar-refractivity contribution in [2.75, 3.05) is 11.9 Å². The molecule has 0 radical (unpaired) electrons. The van der Waals surface area contributed by atoms with Crippen LogP contribution in [0.25, 0.3) is 0 Å². The van der Waals surface area contributed by atoms with E-state index >= 15 is 0 Å². The first-order valence-electron chi connectivity index (χ1n) is 5.13. The maximum absolute atomic E-state index is 9.30. The van der Waals surface area contributed by atoms with Gasteiger partial charge in [0.1, 0.15) is 17.3 Å². The summed E-state index contributed by atoms with van der Waals surface area (Å²) in [4.78, 5) is 9.87. The van der Waals surface area contributed by atoms with E-state index in [0.717, 1.165) is 5.69 Å². The number of halogens is 1. The fraction of sp³-hybridized carbons (Fsp3) is 0.167. The largest absolute Gasteiger partial charge is 0.391 e. The first-order chi connectivity index (χ1) is 8.24. The SMILES string of the molecule is CN(c1ccccc1)c1ncnc(Cl)c1CO. The first-order valence-corrected chi connectivity index (χ1v) is 5.51. The maximum Gasteiger partial charge on any atom is 0.143 e. The minimum Gasteiger partial charge on any atom is -0.391 e. The van der Waals surface area contributed by atoms with Crippen molar-refractivity contribution >= 4 is 23.1 Å². The second-order valence-corrected chi connectivity index (χ2v) is 3.88. The Labute approximate surface area is 105 Å². The molecule has 0 saturated heterocycles. The van der Waals surface area contributed by atoms with Crippen molar-refractivity contribution in [2.45, 2.75) is 6.61 Å². The molecule has 1 heterocycles. The number of aliphatic hydroxyl groups excluding tert-OH is 1. The van der Waals surface area contributed by atoms with E-state index in [9.17, 15) is 5.11 Å². The highest BCUT2D eigenvalue weighted by atomic mass is 35.5. The summed E-state index contributed by atoms with van der Waals surface area (Å²) >= 11 is 5.92. The van der Waals surface area contributed by atoms with E-state index in [1.807, 2.05) is 42.3 Å². The van der Waals surface area contributed by atoms with E-state index in [1.165, 1.54) is 6.33 Å². The predicted octanol–water partition coefficient (Wildman–Crippen LogP) is 2.39. The van der Waals surface area contributed by atoms with Gasteiger partial charge in [-0.05, 0) is 12.1 Å². The monoisotopic (exact) mass is 249 g/mol. The van der Waals surface area contributed by atoms with E-state index in [1.54, 1.807) is 0 Å². The molecule has 0 aliphatic heterocycles. The van der Waals surface area contributed by atoms with Crippen LogP contribution < -0.4 is 4.90 Å². The van der Waals surface area contributed by atoms with Gasteiger partial charge in [-0.1, -0.05) is 29.8 Å². The van der Waals surface area contributed by atoms with Crippen LogP contribution in [0.2, 0.25) is 5.15 Å². The number of nitrogens with zero attached hydrogens (tertiary/aromatic N) is 3. The molecular weight excluding hydrogens is 238 g/mol. The van der Waals surface area contributed by atoms with Crippen LogP contribution in [0.3, 0.4) is 0 Å². The third-order valence-corrected chi connectivity index (χ3v) is 2.82. The lowest BCUT2D eigenvalue weighted by Gasteiger charge is -2.20. The Balaban J connectivity index is 2.44. The van der Waals surface area contributed by atoms with Crippen molar-refractivity contribution in [1.29, 1.82) is 0 Å². The molecule has 0 aliphatic carbocycles. The first kappa shape index (κ1) is 11.8. The van der Waals surface area contributed by atoms with E-state index in [2.05, 4.69) is 9.97 Å². The summed E-state index contributed by atoms with van der Waals surface area (Å²) in [5.74, 6) is 0.610. The molecule has 1 N–H and O–H groups in total. The lowest BCUT2D eigenvalue weighted by atomic mass is 10.2. The molecule has 17 heavy (non-hydrogen) atoms. The number of anilines is 2. The Morgan fingerprint density at radius 3 is 2.59 bits per heavy atom. The molecule has 2 aromatic rings. The molecule has 1 aromatic carbocycles. The molecule has 0 bridgehead atoms. The number of para-hydroxylation sites is 1. The minimum atomic E-state index is -0.188. The van der Waals surface area contributed by atoms with Crippen molar-refractivity contribution in [2.24, 2.45) is 0 Å². The van der Waals surface area contributed by atoms with Crippen LogP contribution in [0.4, 0.5) is 11.5 Å². The molecule has 5 heteroatoms. The van der Waals surface area contributed by atoms with Crippen LogP contribution in [0.15, 0.2) is 36.7 Å². The molecule has 0 amide bonds. The number of rotatable bonds is 3. The average Bonchev–Trinajstić information content (AvgIpc) is 2.38. The zero-order valence-corrected chi connectivity index (χ0v) is 10.1. The normalized spacial score (nSPS) is 10.3. The summed E-state index contributed by atoms with van der Waals surface area (Å²) in [5.41, 5.74) is 1.50. The summed E-state index contributed by atoms with van der Waals surface area (Å²) in [6.45, 7) is -0.188. The number of aliphatic hydroxyl groups is 1. The molecule has 0 unspecified atom stereocenters. The fourth-order valence-corrected chi connectivity index (χ4v) is 1.77. The Hall–Kier alpha value is -1.65. The van der Waals surface area contributed by atoms with Gasteiger partial charge < -0.3 is 10.0 Å². The maximum atomic E-state index is 9.30. The van der Waals surface area contributed by atoms with Gasteiger partial charge in [0.2, 0.25) is 0 Å². The summed E-state index contributed by atoms with van der Waals surface area (Å²) in [6.07, 6.45) is 1.39. The summed E-state index contributed by atoms with van der Waals surface area (Å²) < 4.78 is 0. The highest BCUT2D eigenvalue weighted by Gasteiger charge is 2.13. The van der Waals surface area contributed by atoms with Gasteiger partial charge in [0, 0.05) is 12.7 Å². The van der Waals surface area contributed by atoms with E-state index in [4.69, 9.17) is 11.6 Å². The van der Waals surface area contributed by atoms with E-state index < -0.39 is 0 Å². The zero-order valence-electron chi connectivity index (χ0n) is 9.34. The summed E-state index contributed by atoms with van der Waals surface area (Å²) in [7, 11) is 1.87. The second kappa shape index (κ2) is 5.12. The van der Waals surface area contributed by atoms with Gasteiger partial charge in [-0.25, -0.2) is 9.97 Å². The van der Waals surface area contributed by atoms with Crippen LogP contribution >= 0.6 is 11.6 Å². The van der Waals surface area contributed by atoms with Crippen molar-refractivity contribution in [3.63, 3.8) is 0 Å². The number of hydrogen-bond acceptors (Lipinski definition) is 4.